The van der Waals surface area contributed by atoms with Gasteiger partial charge in [0, 0.05) is 17.8 Å². The zero-order valence-electron chi connectivity index (χ0n) is 11.9. The Morgan fingerprint density at radius 3 is 2.90 bits per heavy atom. The van der Waals surface area contributed by atoms with Crippen LogP contribution < -0.4 is 0 Å². The topological polar surface area (TPSA) is 34.1 Å². The minimum atomic E-state index is -0.108. The molecule has 0 amide bonds. The van der Waals surface area contributed by atoms with E-state index < -0.39 is 0 Å². The van der Waals surface area contributed by atoms with E-state index in [0.29, 0.717) is 23.5 Å². The number of rotatable bonds is 0. The van der Waals surface area contributed by atoms with Crippen LogP contribution in [0.4, 0.5) is 0 Å². The van der Waals surface area contributed by atoms with Crippen molar-refractivity contribution in [3.05, 3.63) is 35.5 Å². The summed E-state index contributed by atoms with van der Waals surface area (Å²) in [6.07, 6.45) is 12.8. The van der Waals surface area contributed by atoms with Crippen molar-refractivity contribution in [2.24, 2.45) is 23.2 Å². The van der Waals surface area contributed by atoms with Crippen LogP contribution in [0.5, 0.6) is 0 Å². The van der Waals surface area contributed by atoms with Gasteiger partial charge in [-0.25, -0.2) is 0 Å². The highest BCUT2D eigenvalue weighted by Gasteiger charge is 2.52. The number of Topliss-reactive ketones (excluding diaryl/α,β-unsaturated/α-hetero) is 1. The highest BCUT2D eigenvalue weighted by atomic mass is 16.1. The van der Waals surface area contributed by atoms with Crippen molar-refractivity contribution in [2.45, 2.75) is 39.0 Å². The molecule has 0 aromatic rings. The average molecular weight is 268 g/mol. The molecule has 0 saturated heterocycles. The van der Waals surface area contributed by atoms with Crippen LogP contribution in [0.1, 0.15) is 39.0 Å². The van der Waals surface area contributed by atoms with Gasteiger partial charge in [0.25, 0.3) is 0 Å². The molecule has 0 N–H and O–H groups in total. The molecule has 4 rings (SSSR count). The first kappa shape index (κ1) is 12.3. The van der Waals surface area contributed by atoms with E-state index >= 15 is 0 Å². The summed E-state index contributed by atoms with van der Waals surface area (Å²) in [6, 6.07) is 0. The molecule has 0 unspecified atom stereocenters. The van der Waals surface area contributed by atoms with Gasteiger partial charge in [0.15, 0.2) is 5.78 Å². The van der Waals surface area contributed by atoms with E-state index in [-0.39, 0.29) is 11.2 Å². The molecule has 4 aliphatic carbocycles. The molecule has 0 aromatic carbocycles. The Balaban J connectivity index is 1.74. The number of hydrogen-bond donors (Lipinski definition) is 0. The summed E-state index contributed by atoms with van der Waals surface area (Å²) in [7, 11) is 0. The highest BCUT2D eigenvalue weighted by Crippen LogP contribution is 2.57. The van der Waals surface area contributed by atoms with Crippen LogP contribution in [-0.2, 0) is 9.59 Å². The van der Waals surface area contributed by atoms with E-state index in [0.717, 1.165) is 32.1 Å². The molecule has 0 spiro atoms. The summed E-state index contributed by atoms with van der Waals surface area (Å²) in [6.45, 7) is 2.17. The van der Waals surface area contributed by atoms with Gasteiger partial charge in [0.05, 0.1) is 0 Å². The molecule has 0 radical (unpaired) electrons. The zero-order chi connectivity index (χ0) is 13.9. The Labute approximate surface area is 119 Å². The van der Waals surface area contributed by atoms with Crippen molar-refractivity contribution in [3.63, 3.8) is 0 Å². The van der Waals surface area contributed by atoms with Crippen LogP contribution in [-0.4, -0.2) is 11.6 Å². The number of carbonyl (C=O) groups is 2. The first-order valence-corrected chi connectivity index (χ1v) is 7.75. The van der Waals surface area contributed by atoms with Crippen LogP contribution >= 0.6 is 0 Å². The van der Waals surface area contributed by atoms with Crippen LogP contribution in [0.3, 0.4) is 0 Å². The monoisotopic (exact) mass is 268 g/mol. The number of fused-ring (bicyclic) bond motifs is 5. The maximum absolute atomic E-state index is 12.2. The van der Waals surface area contributed by atoms with E-state index in [1.54, 1.807) is 6.08 Å². The average Bonchev–Trinajstić information content (AvgIpc) is 2.74. The minimum absolute atomic E-state index is 0.108. The maximum Gasteiger partial charge on any atom is 0.178 e. The van der Waals surface area contributed by atoms with Gasteiger partial charge >= 0.3 is 0 Å². The van der Waals surface area contributed by atoms with Crippen molar-refractivity contribution in [1.82, 2.24) is 0 Å². The fourth-order valence-electron chi connectivity index (χ4n) is 4.96. The predicted octanol–water partition coefficient (Wildman–Crippen LogP) is 3.39. The molecule has 4 aliphatic rings. The summed E-state index contributed by atoms with van der Waals surface area (Å²) in [5, 5.41) is 0. The van der Waals surface area contributed by atoms with Crippen molar-refractivity contribution in [2.75, 3.05) is 0 Å². The SMILES string of the molecule is C[C@]12CC=C3[C@H]4C=CC(=O)C=C4CC[C@H]3[C@@H]1CCC2=O. The van der Waals surface area contributed by atoms with Gasteiger partial charge in [-0.1, -0.05) is 30.2 Å². The fraction of sp³-hybridized carbons (Fsp3) is 0.556. The lowest BCUT2D eigenvalue weighted by molar-refractivity contribution is -0.127. The molecule has 2 saturated carbocycles. The molecule has 104 valence electrons. The summed E-state index contributed by atoms with van der Waals surface area (Å²) >= 11 is 0. The summed E-state index contributed by atoms with van der Waals surface area (Å²) < 4.78 is 0. The summed E-state index contributed by atoms with van der Waals surface area (Å²) in [4.78, 5) is 23.8. The molecule has 0 bridgehead atoms. The Hall–Kier alpha value is -1.44. The van der Waals surface area contributed by atoms with Gasteiger partial charge in [-0.2, -0.15) is 0 Å². The van der Waals surface area contributed by atoms with E-state index in [2.05, 4.69) is 19.1 Å². The first-order valence-electron chi connectivity index (χ1n) is 7.75. The van der Waals surface area contributed by atoms with Crippen LogP contribution in [0, 0.1) is 23.2 Å². The third kappa shape index (κ3) is 1.51. The molecule has 2 fully saturated rings. The van der Waals surface area contributed by atoms with Crippen molar-refractivity contribution in [3.8, 4) is 0 Å². The molecular weight excluding hydrogens is 248 g/mol. The molecule has 0 aromatic heterocycles. The molecule has 2 heteroatoms. The first-order chi connectivity index (χ1) is 9.59. The fourth-order valence-corrected chi connectivity index (χ4v) is 4.96. The van der Waals surface area contributed by atoms with Crippen LogP contribution in [0.15, 0.2) is 35.5 Å². The second kappa shape index (κ2) is 4.03. The lowest BCUT2D eigenvalue weighted by Gasteiger charge is -2.46. The maximum atomic E-state index is 12.2. The number of hydrogen-bond acceptors (Lipinski definition) is 2. The molecule has 20 heavy (non-hydrogen) atoms. The number of ketones is 2. The smallest absolute Gasteiger partial charge is 0.178 e. The highest BCUT2D eigenvalue weighted by molar-refractivity contribution is 6.01. The van der Waals surface area contributed by atoms with E-state index in [1.807, 2.05) is 6.08 Å². The quantitative estimate of drug-likeness (QED) is 0.631. The Kier molecular flexibility index (Phi) is 2.48. The van der Waals surface area contributed by atoms with Crippen LogP contribution in [0.2, 0.25) is 0 Å². The van der Waals surface area contributed by atoms with Crippen molar-refractivity contribution < 1.29 is 9.59 Å². The summed E-state index contributed by atoms with van der Waals surface area (Å²) in [5.74, 6) is 2.02. The van der Waals surface area contributed by atoms with Gasteiger partial charge < -0.3 is 0 Å². The van der Waals surface area contributed by atoms with E-state index in [1.165, 1.54) is 11.1 Å². The third-order valence-electron chi connectivity index (χ3n) is 6.10. The minimum Gasteiger partial charge on any atom is -0.299 e. The lowest BCUT2D eigenvalue weighted by Crippen LogP contribution is -2.40. The largest absolute Gasteiger partial charge is 0.299 e. The number of allylic oxidation sites excluding steroid dienone is 6. The second-order valence-electron chi connectivity index (χ2n) is 7.00. The molecular formula is C18H20O2. The van der Waals surface area contributed by atoms with Crippen molar-refractivity contribution in [1.29, 1.82) is 0 Å². The van der Waals surface area contributed by atoms with Crippen LogP contribution in [0.25, 0.3) is 0 Å². The third-order valence-corrected chi connectivity index (χ3v) is 6.10. The van der Waals surface area contributed by atoms with Gasteiger partial charge in [-0.05, 0) is 49.7 Å². The molecule has 4 atom stereocenters. The standard InChI is InChI=1S/C18H20O2/c1-18-9-8-14-13-5-3-12(19)10-11(13)2-4-15(14)16(18)6-7-17(18)20/h3,5,8,10,13,15-16H,2,4,6-7,9H2,1H3/t13-,15+,16-,18-/m0/s1. The predicted molar refractivity (Wildman–Crippen MR) is 77.0 cm³/mol. The molecule has 0 aliphatic heterocycles. The van der Waals surface area contributed by atoms with Gasteiger partial charge in [0.2, 0.25) is 0 Å². The lowest BCUT2D eigenvalue weighted by atomic mass is 9.57. The Morgan fingerprint density at radius 1 is 1.20 bits per heavy atom. The van der Waals surface area contributed by atoms with E-state index in [4.69, 9.17) is 0 Å². The normalized spacial score (nSPS) is 42.5. The Bertz CT molecular complexity index is 593. The number of carbonyl (C=O) groups excluding carboxylic acids is 2. The van der Waals surface area contributed by atoms with Gasteiger partial charge in [-0.15, -0.1) is 0 Å². The molecule has 0 heterocycles. The molecule has 2 nitrogen and oxygen atoms in total. The summed E-state index contributed by atoms with van der Waals surface area (Å²) in [5.41, 5.74) is 2.67. The zero-order valence-corrected chi connectivity index (χ0v) is 11.9. The van der Waals surface area contributed by atoms with Crippen molar-refractivity contribution >= 4 is 11.6 Å². The van der Waals surface area contributed by atoms with Gasteiger partial charge in [-0.3, -0.25) is 9.59 Å². The Morgan fingerprint density at radius 2 is 2.05 bits per heavy atom. The van der Waals surface area contributed by atoms with E-state index in [9.17, 15) is 9.59 Å². The van der Waals surface area contributed by atoms with Gasteiger partial charge in [0.1, 0.15) is 5.78 Å². The second-order valence-corrected chi connectivity index (χ2v) is 7.00.